The van der Waals surface area contributed by atoms with Crippen molar-refractivity contribution in [1.29, 1.82) is 0 Å². The van der Waals surface area contributed by atoms with Crippen LogP contribution in [-0.2, 0) is 0 Å². The first-order valence-electron chi connectivity index (χ1n) is 10.4. The lowest BCUT2D eigenvalue weighted by molar-refractivity contribution is 0.208. The van der Waals surface area contributed by atoms with Crippen molar-refractivity contribution >= 4 is 0 Å². The van der Waals surface area contributed by atoms with Crippen LogP contribution in [0.25, 0.3) is 0 Å². The number of unbranched alkanes of at least 4 members (excludes halogenated alkanes) is 9. The van der Waals surface area contributed by atoms with Crippen LogP contribution in [0.3, 0.4) is 0 Å². The predicted molar refractivity (Wildman–Crippen MR) is 107 cm³/mol. The third-order valence-electron chi connectivity index (χ3n) is 4.66. The first kappa shape index (κ1) is 22.0. The van der Waals surface area contributed by atoms with Crippen LogP contribution in [0.15, 0.2) is 30.3 Å². The lowest BCUT2D eigenvalue weighted by Crippen LogP contribution is -2.34. The maximum absolute atomic E-state index is 9.47. The number of hydrogen-bond acceptors (Lipinski definition) is 3. The van der Waals surface area contributed by atoms with Gasteiger partial charge in [-0.25, -0.2) is 0 Å². The van der Waals surface area contributed by atoms with Gasteiger partial charge in [-0.15, -0.1) is 0 Å². The van der Waals surface area contributed by atoms with Gasteiger partial charge in [-0.3, -0.25) is 0 Å². The number of nitrogens with one attached hydrogen (secondary N) is 1. The summed E-state index contributed by atoms with van der Waals surface area (Å²) in [6, 6.07) is 10.0. The van der Waals surface area contributed by atoms with Gasteiger partial charge in [0.25, 0.3) is 0 Å². The summed E-state index contributed by atoms with van der Waals surface area (Å²) in [6.45, 7) is 4.08. The minimum Gasteiger partial charge on any atom is -0.494 e. The van der Waals surface area contributed by atoms with Crippen molar-refractivity contribution in [3.05, 3.63) is 30.3 Å². The lowest BCUT2D eigenvalue weighted by atomic mass is 10.1. The molecule has 0 fully saturated rings. The van der Waals surface area contributed by atoms with Gasteiger partial charge in [0.2, 0.25) is 0 Å². The van der Waals surface area contributed by atoms with Crippen LogP contribution in [0.4, 0.5) is 0 Å². The third kappa shape index (κ3) is 12.9. The fourth-order valence-electron chi connectivity index (χ4n) is 3.01. The van der Waals surface area contributed by atoms with Gasteiger partial charge in [0.15, 0.2) is 0 Å². The molecular weight excluding hydrogens is 310 g/mol. The molecule has 0 saturated carbocycles. The molecule has 3 heteroatoms. The van der Waals surface area contributed by atoms with Gasteiger partial charge >= 0.3 is 0 Å². The van der Waals surface area contributed by atoms with Crippen molar-refractivity contribution in [1.82, 2.24) is 5.32 Å². The van der Waals surface area contributed by atoms with Crippen LogP contribution in [-0.4, -0.2) is 30.9 Å². The molecule has 144 valence electrons. The van der Waals surface area contributed by atoms with Crippen LogP contribution in [0.1, 0.15) is 77.6 Å². The number of para-hydroxylation sites is 1. The highest BCUT2D eigenvalue weighted by molar-refractivity contribution is 5.20. The van der Waals surface area contributed by atoms with E-state index >= 15 is 0 Å². The molecule has 2 N–H and O–H groups in total. The summed E-state index contributed by atoms with van der Waals surface area (Å²) in [5, 5.41) is 12.9. The summed E-state index contributed by atoms with van der Waals surface area (Å²) in [5.41, 5.74) is 0. The number of ether oxygens (including phenoxy) is 1. The van der Waals surface area contributed by atoms with Gasteiger partial charge in [0, 0.05) is 6.04 Å². The molecule has 1 aromatic carbocycles. The van der Waals surface area contributed by atoms with E-state index in [9.17, 15) is 5.11 Å². The lowest BCUT2D eigenvalue weighted by Gasteiger charge is -2.16. The van der Waals surface area contributed by atoms with E-state index in [-0.39, 0.29) is 12.6 Å². The van der Waals surface area contributed by atoms with Crippen molar-refractivity contribution in [3.8, 4) is 5.75 Å². The molecular formula is C22H39NO2. The zero-order valence-electron chi connectivity index (χ0n) is 16.2. The first-order valence-corrected chi connectivity index (χ1v) is 10.4. The second-order valence-corrected chi connectivity index (χ2v) is 6.97. The number of rotatable bonds is 17. The van der Waals surface area contributed by atoms with Crippen molar-refractivity contribution in [2.24, 2.45) is 0 Å². The second-order valence-electron chi connectivity index (χ2n) is 6.97. The number of aliphatic hydroxyl groups is 1. The minimum absolute atomic E-state index is 0.141. The molecule has 0 aromatic heterocycles. The molecule has 0 aliphatic rings. The van der Waals surface area contributed by atoms with Crippen LogP contribution in [0, 0.1) is 0 Å². The normalized spacial score (nSPS) is 12.2. The van der Waals surface area contributed by atoms with E-state index in [1.54, 1.807) is 0 Å². The fraction of sp³-hybridized carbons (Fsp3) is 0.727. The Labute approximate surface area is 155 Å². The summed E-state index contributed by atoms with van der Waals surface area (Å²) in [4.78, 5) is 0. The molecule has 0 aliphatic heterocycles. The summed E-state index contributed by atoms with van der Waals surface area (Å²) >= 11 is 0. The average Bonchev–Trinajstić information content (AvgIpc) is 2.65. The van der Waals surface area contributed by atoms with Gasteiger partial charge < -0.3 is 15.2 Å². The zero-order chi connectivity index (χ0) is 18.0. The Balaban J connectivity index is 1.90. The molecule has 1 rings (SSSR count). The molecule has 0 spiro atoms. The number of hydrogen-bond donors (Lipinski definition) is 2. The van der Waals surface area contributed by atoms with Crippen molar-refractivity contribution < 1.29 is 9.84 Å². The van der Waals surface area contributed by atoms with Crippen molar-refractivity contribution in [2.45, 2.75) is 83.6 Å². The van der Waals surface area contributed by atoms with Crippen LogP contribution >= 0.6 is 0 Å². The third-order valence-corrected chi connectivity index (χ3v) is 4.66. The molecule has 1 atom stereocenters. The summed E-state index contributed by atoms with van der Waals surface area (Å²) in [7, 11) is 0. The van der Waals surface area contributed by atoms with E-state index < -0.39 is 0 Å². The van der Waals surface area contributed by atoms with Crippen LogP contribution in [0.2, 0.25) is 0 Å². The molecule has 0 bridgehead atoms. The SMILES string of the molecule is CCCCCCCCCCCCNC(CO)CCOc1ccccc1. The van der Waals surface area contributed by atoms with E-state index in [2.05, 4.69) is 12.2 Å². The molecule has 25 heavy (non-hydrogen) atoms. The smallest absolute Gasteiger partial charge is 0.119 e. The first-order chi connectivity index (χ1) is 12.4. The average molecular weight is 350 g/mol. The number of aliphatic hydroxyl groups excluding tert-OH is 1. The van der Waals surface area contributed by atoms with E-state index in [4.69, 9.17) is 4.74 Å². The van der Waals surface area contributed by atoms with Gasteiger partial charge in [0.1, 0.15) is 5.75 Å². The molecule has 3 nitrogen and oxygen atoms in total. The molecule has 0 saturated heterocycles. The van der Waals surface area contributed by atoms with E-state index in [0.717, 1.165) is 18.7 Å². The summed E-state index contributed by atoms with van der Waals surface area (Å²) < 4.78 is 5.69. The Morgan fingerprint density at radius 3 is 2.08 bits per heavy atom. The van der Waals surface area contributed by atoms with E-state index in [0.29, 0.717) is 6.61 Å². The molecule has 0 radical (unpaired) electrons. The van der Waals surface area contributed by atoms with E-state index in [1.807, 2.05) is 30.3 Å². The highest BCUT2D eigenvalue weighted by Gasteiger charge is 2.06. The topological polar surface area (TPSA) is 41.5 Å². The predicted octanol–water partition coefficient (Wildman–Crippen LogP) is 5.33. The standard InChI is InChI=1S/C22H39NO2/c1-2-3-4-5-6-7-8-9-10-14-18-23-21(20-24)17-19-25-22-15-12-11-13-16-22/h11-13,15-16,21,23-24H,2-10,14,17-20H2,1H3. The Bertz CT molecular complexity index is 383. The largest absolute Gasteiger partial charge is 0.494 e. The molecule has 1 unspecified atom stereocenters. The van der Waals surface area contributed by atoms with E-state index in [1.165, 1.54) is 64.2 Å². The molecule has 0 heterocycles. The highest BCUT2D eigenvalue weighted by atomic mass is 16.5. The monoisotopic (exact) mass is 349 g/mol. The minimum atomic E-state index is 0.141. The van der Waals surface area contributed by atoms with Gasteiger partial charge in [0.05, 0.1) is 13.2 Å². The maximum atomic E-state index is 9.47. The Morgan fingerprint density at radius 2 is 1.48 bits per heavy atom. The van der Waals surface area contributed by atoms with Gasteiger partial charge in [-0.2, -0.15) is 0 Å². The Kier molecular flexibility index (Phi) is 14.4. The van der Waals surface area contributed by atoms with Crippen molar-refractivity contribution in [2.75, 3.05) is 19.8 Å². The summed E-state index contributed by atoms with van der Waals surface area (Å²) in [6.07, 6.45) is 14.4. The maximum Gasteiger partial charge on any atom is 0.119 e. The Morgan fingerprint density at radius 1 is 0.880 bits per heavy atom. The molecule has 1 aromatic rings. The van der Waals surface area contributed by atoms with Crippen molar-refractivity contribution in [3.63, 3.8) is 0 Å². The van der Waals surface area contributed by atoms with Gasteiger partial charge in [-0.1, -0.05) is 82.9 Å². The molecule has 0 amide bonds. The fourth-order valence-corrected chi connectivity index (χ4v) is 3.01. The molecule has 0 aliphatic carbocycles. The second kappa shape index (κ2) is 16.4. The van der Waals surface area contributed by atoms with Crippen LogP contribution in [0.5, 0.6) is 5.75 Å². The highest BCUT2D eigenvalue weighted by Crippen LogP contribution is 2.11. The Hall–Kier alpha value is -1.06. The number of benzene rings is 1. The zero-order valence-corrected chi connectivity index (χ0v) is 16.2. The van der Waals surface area contributed by atoms with Crippen LogP contribution < -0.4 is 10.1 Å². The quantitative estimate of drug-likeness (QED) is 0.374. The van der Waals surface area contributed by atoms with Gasteiger partial charge in [-0.05, 0) is 31.5 Å². The summed E-state index contributed by atoms with van der Waals surface area (Å²) in [5.74, 6) is 0.897.